The molecule has 31 heavy (non-hydrogen) atoms. The van der Waals surface area contributed by atoms with Gasteiger partial charge in [-0.05, 0) is 46.9 Å². The maximum atomic E-state index is 13.2. The minimum atomic E-state index is -4.64. The number of carbonyl (C=O) groups is 1. The molecule has 1 aliphatic rings. The van der Waals surface area contributed by atoms with Gasteiger partial charge in [-0.1, -0.05) is 40.3 Å². The minimum absolute atomic E-state index is 0.132. The van der Waals surface area contributed by atoms with Gasteiger partial charge in [0.05, 0.1) is 34.6 Å². The van der Waals surface area contributed by atoms with Crippen molar-refractivity contribution in [3.63, 3.8) is 0 Å². The van der Waals surface area contributed by atoms with Gasteiger partial charge in [-0.15, -0.1) is 0 Å². The van der Waals surface area contributed by atoms with E-state index in [0.29, 0.717) is 12.4 Å². The molecule has 0 N–H and O–H groups in total. The van der Waals surface area contributed by atoms with Gasteiger partial charge in [0.2, 0.25) is 0 Å². The van der Waals surface area contributed by atoms with Crippen molar-refractivity contribution in [1.82, 2.24) is 14.5 Å². The number of aromatic nitrogens is 2. The largest absolute Gasteiger partial charge is 0.417 e. The Morgan fingerprint density at radius 3 is 2.42 bits per heavy atom. The van der Waals surface area contributed by atoms with Crippen LogP contribution in [-0.4, -0.2) is 31.8 Å². The van der Waals surface area contributed by atoms with Gasteiger partial charge in [-0.2, -0.15) is 13.2 Å². The van der Waals surface area contributed by atoms with Crippen molar-refractivity contribution in [2.75, 3.05) is 11.5 Å². The van der Waals surface area contributed by atoms with Crippen LogP contribution in [0.5, 0.6) is 0 Å². The quantitative estimate of drug-likeness (QED) is 0.215. The highest BCUT2D eigenvalue weighted by Gasteiger charge is 2.35. The lowest BCUT2D eigenvalue weighted by molar-refractivity contribution is -0.137. The van der Waals surface area contributed by atoms with Crippen molar-refractivity contribution in [1.29, 1.82) is 0 Å². The normalized spacial score (nSPS) is 13.3. The van der Waals surface area contributed by atoms with Gasteiger partial charge in [-0.3, -0.25) is 4.79 Å². The van der Waals surface area contributed by atoms with Crippen LogP contribution in [0.15, 0.2) is 48.7 Å². The van der Waals surface area contributed by atoms with Gasteiger partial charge in [0.25, 0.3) is 5.91 Å². The summed E-state index contributed by atoms with van der Waals surface area (Å²) in [6.07, 6.45) is -3.01. The number of rotatable bonds is 2. The van der Waals surface area contributed by atoms with Crippen molar-refractivity contribution in [2.45, 2.75) is 19.3 Å². The number of nitrogens with zero attached hydrogens (tertiary/aromatic N) is 3. The lowest BCUT2D eigenvalue weighted by Gasteiger charge is -2.29. The Hall–Kier alpha value is -2.14. The first kappa shape index (κ1) is 23.5. The van der Waals surface area contributed by atoms with Crippen LogP contribution >= 0.6 is 34.2 Å². The number of carbonyl (C=O) groups excluding carboxylic acids is 1. The van der Waals surface area contributed by atoms with E-state index in [2.05, 4.69) is 27.6 Å². The maximum Gasteiger partial charge on any atom is 0.417 e. The van der Waals surface area contributed by atoms with Crippen LogP contribution in [0.4, 0.5) is 17.6 Å². The monoisotopic (exact) mass is 565 g/mol. The summed E-state index contributed by atoms with van der Waals surface area (Å²) in [7, 11) is 0. The molecule has 0 fully saturated rings. The van der Waals surface area contributed by atoms with Gasteiger partial charge in [0.15, 0.2) is 0 Å². The summed E-state index contributed by atoms with van der Waals surface area (Å²) in [6, 6.07) is 9.27. The van der Waals surface area contributed by atoms with Crippen molar-refractivity contribution in [2.24, 2.45) is 0 Å². The van der Waals surface area contributed by atoms with Crippen LogP contribution in [0.2, 0.25) is 5.02 Å². The molecular formula is C21H17ClF4IN3O. The third-order valence-corrected chi connectivity index (χ3v) is 5.23. The van der Waals surface area contributed by atoms with Crippen LogP contribution in [-0.2, 0) is 19.3 Å². The van der Waals surface area contributed by atoms with Gasteiger partial charge >= 0.3 is 6.18 Å². The molecule has 4 rings (SSSR count). The van der Waals surface area contributed by atoms with E-state index >= 15 is 0 Å². The number of benzene rings is 2. The molecule has 0 bridgehead atoms. The minimum Gasteiger partial charge on any atom is -0.329 e. The SMILES string of the molecule is CI.O=C(c1cccc(C(F)(F)F)c1Cl)N1CCn2c(-c3ccc(F)cc3)cnc2C1. The summed E-state index contributed by atoms with van der Waals surface area (Å²) in [5, 5.41) is -0.606. The van der Waals surface area contributed by atoms with Crippen LogP contribution < -0.4 is 0 Å². The first-order valence-electron chi connectivity index (χ1n) is 9.09. The molecule has 0 atom stereocenters. The Balaban J connectivity index is 0.00000132. The Morgan fingerprint density at radius 1 is 1.10 bits per heavy atom. The number of amides is 1. The second-order valence-corrected chi connectivity index (χ2v) is 6.99. The standard InChI is InChI=1S/C20H14ClF4N3O.CH3I/c21-18-14(2-1-3-15(18)20(23,24)25)19(29)27-8-9-28-16(10-26-17(28)11-27)12-4-6-13(22)7-5-12;1-2/h1-7,10H,8-9,11H2;1H3. The molecule has 0 saturated carbocycles. The molecular weight excluding hydrogens is 549 g/mol. The van der Waals surface area contributed by atoms with Crippen molar-refractivity contribution >= 4 is 40.1 Å². The average molecular weight is 566 g/mol. The molecule has 164 valence electrons. The Bertz CT molecular complexity index is 1080. The van der Waals surface area contributed by atoms with E-state index in [9.17, 15) is 22.4 Å². The van der Waals surface area contributed by atoms with Gasteiger partial charge in [0, 0.05) is 13.1 Å². The van der Waals surface area contributed by atoms with E-state index in [-0.39, 0.29) is 24.5 Å². The number of hydrogen-bond donors (Lipinski definition) is 0. The van der Waals surface area contributed by atoms with Crippen molar-refractivity contribution in [3.8, 4) is 11.3 Å². The smallest absolute Gasteiger partial charge is 0.329 e. The van der Waals surface area contributed by atoms with Crippen LogP contribution in [0, 0.1) is 5.82 Å². The Kier molecular flexibility index (Phi) is 7.25. The number of halogens is 6. The van der Waals surface area contributed by atoms with E-state index in [1.54, 1.807) is 18.3 Å². The second kappa shape index (κ2) is 9.56. The predicted molar refractivity (Wildman–Crippen MR) is 119 cm³/mol. The first-order valence-corrected chi connectivity index (χ1v) is 11.6. The lowest BCUT2D eigenvalue weighted by atomic mass is 10.1. The van der Waals surface area contributed by atoms with E-state index in [4.69, 9.17) is 11.6 Å². The third kappa shape index (κ3) is 4.87. The van der Waals surface area contributed by atoms with Crippen LogP contribution in [0.25, 0.3) is 11.3 Å². The molecule has 3 aromatic rings. The number of alkyl halides is 4. The lowest BCUT2D eigenvalue weighted by Crippen LogP contribution is -2.38. The summed E-state index contributed by atoms with van der Waals surface area (Å²) < 4.78 is 54.3. The molecule has 0 spiro atoms. The zero-order chi connectivity index (χ0) is 22.8. The van der Waals surface area contributed by atoms with Gasteiger partial charge < -0.3 is 9.47 Å². The fourth-order valence-corrected chi connectivity index (χ4v) is 3.69. The van der Waals surface area contributed by atoms with E-state index in [0.717, 1.165) is 17.3 Å². The number of fused-ring (bicyclic) bond motifs is 1. The van der Waals surface area contributed by atoms with E-state index in [1.807, 2.05) is 9.50 Å². The molecule has 1 aromatic heterocycles. The maximum absolute atomic E-state index is 13.2. The zero-order valence-corrected chi connectivity index (χ0v) is 19.2. The second-order valence-electron chi connectivity index (χ2n) is 6.61. The summed E-state index contributed by atoms with van der Waals surface area (Å²) in [5.74, 6) is -0.340. The summed E-state index contributed by atoms with van der Waals surface area (Å²) in [5.41, 5.74) is 0.331. The van der Waals surface area contributed by atoms with Crippen LogP contribution in [0.1, 0.15) is 21.7 Å². The number of hydrogen-bond acceptors (Lipinski definition) is 2. The summed E-state index contributed by atoms with van der Waals surface area (Å²) in [6.45, 7) is 0.819. The molecule has 0 saturated heterocycles. The highest BCUT2D eigenvalue weighted by atomic mass is 127. The molecule has 0 unspecified atom stereocenters. The molecule has 0 radical (unpaired) electrons. The van der Waals surface area contributed by atoms with Gasteiger partial charge in [-0.25, -0.2) is 9.37 Å². The van der Waals surface area contributed by atoms with Gasteiger partial charge in [0.1, 0.15) is 11.6 Å². The van der Waals surface area contributed by atoms with Crippen LogP contribution in [0.3, 0.4) is 0 Å². The fraction of sp³-hybridized carbons (Fsp3) is 0.238. The Morgan fingerprint density at radius 2 is 1.77 bits per heavy atom. The molecule has 2 heterocycles. The molecule has 1 amide bonds. The highest BCUT2D eigenvalue weighted by molar-refractivity contribution is 14.1. The fourth-order valence-electron chi connectivity index (χ4n) is 3.37. The molecule has 1 aliphatic heterocycles. The zero-order valence-electron chi connectivity index (χ0n) is 16.3. The molecule has 10 heteroatoms. The molecule has 0 aliphatic carbocycles. The van der Waals surface area contributed by atoms with E-state index in [1.165, 1.54) is 29.2 Å². The highest BCUT2D eigenvalue weighted by Crippen LogP contribution is 2.37. The number of imidazole rings is 1. The molecule has 4 nitrogen and oxygen atoms in total. The van der Waals surface area contributed by atoms with Crippen molar-refractivity contribution in [3.05, 3.63) is 76.5 Å². The van der Waals surface area contributed by atoms with Crippen molar-refractivity contribution < 1.29 is 22.4 Å². The Labute approximate surface area is 195 Å². The summed E-state index contributed by atoms with van der Waals surface area (Å²) >= 11 is 8.04. The topological polar surface area (TPSA) is 38.1 Å². The predicted octanol–water partition coefficient (Wildman–Crippen LogP) is 6.07. The van der Waals surface area contributed by atoms with E-state index < -0.39 is 22.7 Å². The summed E-state index contributed by atoms with van der Waals surface area (Å²) in [4.78, 5) is 20.5. The first-order chi connectivity index (χ1) is 14.8. The average Bonchev–Trinajstić information content (AvgIpc) is 3.18. The third-order valence-electron chi connectivity index (χ3n) is 4.83. The molecule has 2 aromatic carbocycles.